The molecule has 2 heterocycles. The first-order valence-corrected chi connectivity index (χ1v) is 11.8. The van der Waals surface area contributed by atoms with Crippen LogP contribution >= 0.6 is 11.3 Å². The van der Waals surface area contributed by atoms with Gasteiger partial charge in [0.1, 0.15) is 11.5 Å². The molecule has 1 unspecified atom stereocenters. The minimum absolute atomic E-state index is 0.182. The van der Waals surface area contributed by atoms with Gasteiger partial charge in [0, 0.05) is 30.2 Å². The van der Waals surface area contributed by atoms with Crippen LogP contribution in [0.3, 0.4) is 0 Å². The number of ether oxygens (including phenoxy) is 1. The average Bonchev–Trinajstić information content (AvgIpc) is 3.51. The summed E-state index contributed by atoms with van der Waals surface area (Å²) in [6, 6.07) is 19.5. The summed E-state index contributed by atoms with van der Waals surface area (Å²) in [5.41, 5.74) is 3.57. The van der Waals surface area contributed by atoms with Gasteiger partial charge in [-0.1, -0.05) is 42.5 Å². The van der Waals surface area contributed by atoms with Crippen molar-refractivity contribution in [3.8, 4) is 28.3 Å². The molecule has 4 rings (SSSR count). The van der Waals surface area contributed by atoms with Crippen molar-refractivity contribution in [2.45, 2.75) is 39.0 Å². The fourth-order valence-corrected chi connectivity index (χ4v) is 4.49. The van der Waals surface area contributed by atoms with Gasteiger partial charge in [0.25, 0.3) is 0 Å². The third kappa shape index (κ3) is 6.11. The van der Waals surface area contributed by atoms with Crippen molar-refractivity contribution in [1.82, 2.24) is 4.98 Å². The van der Waals surface area contributed by atoms with Gasteiger partial charge in [-0.15, -0.1) is 11.3 Å². The van der Waals surface area contributed by atoms with E-state index < -0.39 is 12.4 Å². The Kier molecular flexibility index (Phi) is 7.13. The molecule has 1 N–H and O–H groups in total. The van der Waals surface area contributed by atoms with Crippen LogP contribution in [0.4, 0.5) is 0 Å². The number of furan rings is 1. The molecule has 2 aromatic carbocycles. The summed E-state index contributed by atoms with van der Waals surface area (Å²) < 4.78 is 20.5. The number of carbonyl (C=O) groups is 1. The van der Waals surface area contributed by atoms with Gasteiger partial charge < -0.3 is 14.3 Å². The maximum absolute atomic E-state index is 10.6. The zero-order valence-corrected chi connectivity index (χ0v) is 19.3. The van der Waals surface area contributed by atoms with E-state index in [-0.39, 0.29) is 6.42 Å². The minimum atomic E-state index is -0.769. The third-order valence-corrected chi connectivity index (χ3v) is 6.14. The second-order valence-corrected chi connectivity index (χ2v) is 8.97. The highest BCUT2D eigenvalue weighted by molar-refractivity contribution is 7.12. The number of hydrogen-bond acceptors (Lipinski definition) is 5. The molecule has 0 aliphatic heterocycles. The number of carboxylic acid groups (broad SMARTS) is 1. The van der Waals surface area contributed by atoms with Gasteiger partial charge in [-0.3, -0.25) is 4.79 Å². The van der Waals surface area contributed by atoms with Crippen LogP contribution in [-0.2, 0) is 11.2 Å². The number of aliphatic carboxylic acids is 1. The predicted octanol–water partition coefficient (Wildman–Crippen LogP) is 6.99. The van der Waals surface area contributed by atoms with Gasteiger partial charge in [0.05, 0.1) is 23.6 Å². The SMILES string of the molecule is [2H]C(c1ccccc1OCCCCCC(=O)O)c1sc(C)nc1-c1ccc(-c2ccco2)cc1. The first-order valence-electron chi connectivity index (χ1n) is 11.6. The number of aromatic nitrogens is 1. The number of aryl methyl sites for hydroxylation is 1. The van der Waals surface area contributed by atoms with E-state index in [2.05, 4.69) is 0 Å². The lowest BCUT2D eigenvalue weighted by atomic mass is 10.0. The molecule has 5 nitrogen and oxygen atoms in total. The predicted molar refractivity (Wildman–Crippen MR) is 131 cm³/mol. The van der Waals surface area contributed by atoms with Crippen LogP contribution in [0.5, 0.6) is 5.75 Å². The lowest BCUT2D eigenvalue weighted by molar-refractivity contribution is -0.137. The van der Waals surface area contributed by atoms with Gasteiger partial charge in [0.15, 0.2) is 0 Å². The van der Waals surface area contributed by atoms with Crippen LogP contribution in [0, 0.1) is 6.92 Å². The molecule has 0 saturated carbocycles. The highest BCUT2D eigenvalue weighted by Gasteiger charge is 2.15. The zero-order chi connectivity index (χ0) is 23.9. The second kappa shape index (κ2) is 11.0. The van der Waals surface area contributed by atoms with E-state index in [0.717, 1.165) is 50.9 Å². The summed E-state index contributed by atoms with van der Waals surface area (Å²) in [4.78, 5) is 16.3. The summed E-state index contributed by atoms with van der Waals surface area (Å²) in [7, 11) is 0. The molecule has 2 aromatic heterocycles. The Balaban J connectivity index is 1.51. The normalized spacial score (nSPS) is 12.3. The van der Waals surface area contributed by atoms with Crippen molar-refractivity contribution in [2.24, 2.45) is 0 Å². The van der Waals surface area contributed by atoms with E-state index in [1.165, 1.54) is 11.3 Å². The molecule has 0 aliphatic carbocycles. The van der Waals surface area contributed by atoms with Crippen molar-refractivity contribution in [3.05, 3.63) is 82.4 Å². The molecule has 0 aliphatic rings. The summed E-state index contributed by atoms with van der Waals surface area (Å²) in [5.74, 6) is 0.731. The van der Waals surface area contributed by atoms with Gasteiger partial charge in [0.2, 0.25) is 0 Å². The fourth-order valence-electron chi connectivity index (χ4n) is 3.59. The van der Waals surface area contributed by atoms with E-state index in [1.54, 1.807) is 6.26 Å². The first-order chi connectivity index (χ1) is 16.5. The average molecular weight is 463 g/mol. The number of thiazole rings is 1. The maximum Gasteiger partial charge on any atom is 0.303 e. The van der Waals surface area contributed by atoms with Crippen molar-refractivity contribution in [2.75, 3.05) is 6.61 Å². The molecule has 0 amide bonds. The summed E-state index contributed by atoms with van der Waals surface area (Å²) in [5, 5.41) is 9.67. The van der Waals surface area contributed by atoms with Crippen LogP contribution in [0.15, 0.2) is 71.3 Å². The molecule has 0 bridgehead atoms. The number of nitrogens with zero attached hydrogens (tertiary/aromatic N) is 1. The molecular formula is C27H27NO4S. The van der Waals surface area contributed by atoms with Crippen molar-refractivity contribution >= 4 is 17.3 Å². The van der Waals surface area contributed by atoms with Crippen LogP contribution in [-0.4, -0.2) is 22.7 Å². The topological polar surface area (TPSA) is 72.6 Å². The number of para-hydroxylation sites is 1. The summed E-state index contributed by atoms with van der Waals surface area (Å²) in [6.07, 6.45) is 3.42. The Hall–Kier alpha value is -3.38. The Bertz CT molecular complexity index is 1220. The third-order valence-electron chi connectivity index (χ3n) is 5.22. The molecule has 0 saturated heterocycles. The Morgan fingerprint density at radius 3 is 2.61 bits per heavy atom. The molecule has 0 spiro atoms. The van der Waals surface area contributed by atoms with Gasteiger partial charge in [-0.2, -0.15) is 0 Å². The Morgan fingerprint density at radius 1 is 1.06 bits per heavy atom. The number of benzene rings is 2. The standard InChI is InChI=1S/C27H27NO4S/c1-19-28-27(21-14-12-20(13-15-21)23-10-7-17-32-23)25(33-19)18-22-8-4-5-9-24(22)31-16-6-2-3-11-26(29)30/h4-5,7-10,12-15,17H,2-3,6,11,16,18H2,1H3,(H,29,30)/i18D. The number of unbranched alkanes of at least 4 members (excludes halogenated alkanes) is 2. The first kappa shape index (κ1) is 21.5. The van der Waals surface area contributed by atoms with Crippen molar-refractivity contribution in [1.29, 1.82) is 0 Å². The number of carboxylic acids is 1. The molecule has 0 fully saturated rings. The molecule has 0 radical (unpaired) electrons. The Labute approximate surface area is 199 Å². The van der Waals surface area contributed by atoms with E-state index >= 15 is 0 Å². The van der Waals surface area contributed by atoms with Gasteiger partial charge in [-0.05, 0) is 49.9 Å². The van der Waals surface area contributed by atoms with E-state index in [9.17, 15) is 4.79 Å². The summed E-state index contributed by atoms with van der Waals surface area (Å²) in [6.45, 7) is 2.45. The van der Waals surface area contributed by atoms with Crippen LogP contribution in [0.1, 0.15) is 42.5 Å². The summed E-state index contributed by atoms with van der Waals surface area (Å²) >= 11 is 1.53. The number of rotatable bonds is 11. The highest BCUT2D eigenvalue weighted by atomic mass is 32.1. The quantitative estimate of drug-likeness (QED) is 0.243. The monoisotopic (exact) mass is 462 g/mol. The maximum atomic E-state index is 10.6. The Morgan fingerprint density at radius 2 is 1.85 bits per heavy atom. The lowest BCUT2D eigenvalue weighted by Crippen LogP contribution is -2.01. The van der Waals surface area contributed by atoms with E-state index in [1.807, 2.05) is 67.6 Å². The van der Waals surface area contributed by atoms with E-state index in [0.29, 0.717) is 18.8 Å². The van der Waals surface area contributed by atoms with Crippen LogP contribution < -0.4 is 4.74 Å². The van der Waals surface area contributed by atoms with Crippen LogP contribution in [0.25, 0.3) is 22.6 Å². The molecular weight excluding hydrogens is 434 g/mol. The zero-order valence-electron chi connectivity index (χ0n) is 19.5. The largest absolute Gasteiger partial charge is 0.493 e. The van der Waals surface area contributed by atoms with Gasteiger partial charge >= 0.3 is 5.97 Å². The lowest BCUT2D eigenvalue weighted by Gasteiger charge is -2.11. The van der Waals surface area contributed by atoms with Gasteiger partial charge in [-0.25, -0.2) is 4.98 Å². The molecule has 170 valence electrons. The van der Waals surface area contributed by atoms with E-state index in [4.69, 9.17) is 20.6 Å². The molecule has 33 heavy (non-hydrogen) atoms. The van der Waals surface area contributed by atoms with Crippen molar-refractivity contribution in [3.63, 3.8) is 0 Å². The molecule has 1 atom stereocenters. The van der Waals surface area contributed by atoms with Crippen molar-refractivity contribution < 1.29 is 20.4 Å². The highest BCUT2D eigenvalue weighted by Crippen LogP contribution is 2.33. The molecule has 4 aromatic rings. The molecule has 6 heteroatoms. The number of hydrogen-bond donors (Lipinski definition) is 1. The second-order valence-electron chi connectivity index (χ2n) is 7.74. The fraction of sp³-hybridized carbons (Fsp3) is 0.259. The minimum Gasteiger partial charge on any atom is -0.493 e. The van der Waals surface area contributed by atoms with Crippen LogP contribution in [0.2, 0.25) is 0 Å². The smallest absolute Gasteiger partial charge is 0.303 e.